The van der Waals surface area contributed by atoms with Gasteiger partial charge in [0.1, 0.15) is 16.4 Å². The van der Waals surface area contributed by atoms with Crippen LogP contribution in [0, 0.1) is 20.8 Å². The number of rotatable bonds is 4. The van der Waals surface area contributed by atoms with Crippen molar-refractivity contribution in [3.05, 3.63) is 53.1 Å². The monoisotopic (exact) mass is 306 g/mol. The minimum absolute atomic E-state index is 0.0349. The molecule has 0 spiro atoms. The Kier molecular flexibility index (Phi) is 4.23. The van der Waals surface area contributed by atoms with E-state index < -0.39 is 10.1 Å². The number of aryl methyl sites for hydroxylation is 3. The Bertz CT molecular complexity index is 744. The van der Waals surface area contributed by atoms with E-state index in [2.05, 4.69) is 0 Å². The van der Waals surface area contributed by atoms with Crippen LogP contribution in [0.1, 0.15) is 16.7 Å². The van der Waals surface area contributed by atoms with E-state index in [1.165, 1.54) is 7.11 Å². The van der Waals surface area contributed by atoms with Crippen molar-refractivity contribution >= 4 is 10.1 Å². The predicted molar refractivity (Wildman–Crippen MR) is 81.5 cm³/mol. The summed E-state index contributed by atoms with van der Waals surface area (Å²) in [6, 6.07) is 10.4. The molecule has 0 aliphatic rings. The molecule has 0 fully saturated rings. The first-order valence-corrected chi connectivity index (χ1v) is 7.91. The van der Waals surface area contributed by atoms with Gasteiger partial charge in [-0.15, -0.1) is 0 Å². The van der Waals surface area contributed by atoms with E-state index in [1.54, 1.807) is 18.2 Å². The molecule has 5 heteroatoms. The number of benzene rings is 2. The largest absolute Gasteiger partial charge is 0.495 e. The Hall–Kier alpha value is -2.01. The second-order valence-corrected chi connectivity index (χ2v) is 6.43. The number of hydrogen-bond acceptors (Lipinski definition) is 4. The first-order valence-electron chi connectivity index (χ1n) is 6.50. The van der Waals surface area contributed by atoms with Gasteiger partial charge in [-0.2, -0.15) is 8.42 Å². The highest BCUT2D eigenvalue weighted by Crippen LogP contribution is 2.30. The lowest BCUT2D eigenvalue weighted by Crippen LogP contribution is -2.13. The molecule has 0 saturated heterocycles. The zero-order chi connectivity index (χ0) is 15.6. The average Bonchev–Trinajstić information content (AvgIpc) is 2.43. The van der Waals surface area contributed by atoms with Crippen molar-refractivity contribution in [3.63, 3.8) is 0 Å². The van der Waals surface area contributed by atoms with Gasteiger partial charge < -0.3 is 8.92 Å². The molecule has 0 aliphatic heterocycles. The molecular weight excluding hydrogens is 288 g/mol. The molecule has 0 saturated carbocycles. The smallest absolute Gasteiger partial charge is 0.342 e. The van der Waals surface area contributed by atoms with Crippen molar-refractivity contribution in [3.8, 4) is 11.5 Å². The molecule has 112 valence electrons. The normalized spacial score (nSPS) is 11.2. The van der Waals surface area contributed by atoms with Crippen molar-refractivity contribution < 1.29 is 17.3 Å². The second kappa shape index (κ2) is 5.77. The van der Waals surface area contributed by atoms with Crippen molar-refractivity contribution in [1.82, 2.24) is 0 Å². The van der Waals surface area contributed by atoms with E-state index in [9.17, 15) is 8.42 Å². The average molecular weight is 306 g/mol. The second-order valence-electron chi connectivity index (χ2n) is 4.91. The Morgan fingerprint density at radius 3 is 2.14 bits per heavy atom. The lowest BCUT2D eigenvalue weighted by atomic mass is 10.1. The maximum Gasteiger partial charge on any atom is 0.342 e. The third kappa shape index (κ3) is 3.19. The van der Waals surface area contributed by atoms with Crippen molar-refractivity contribution in [1.29, 1.82) is 0 Å². The summed E-state index contributed by atoms with van der Waals surface area (Å²) < 4.78 is 35.5. The summed E-state index contributed by atoms with van der Waals surface area (Å²) in [6.45, 7) is 5.44. The van der Waals surface area contributed by atoms with Crippen LogP contribution >= 0.6 is 0 Å². The maximum absolute atomic E-state index is 12.5. The van der Waals surface area contributed by atoms with Gasteiger partial charge in [0, 0.05) is 0 Å². The summed E-state index contributed by atoms with van der Waals surface area (Å²) in [4.78, 5) is 0.0349. The van der Waals surface area contributed by atoms with E-state index >= 15 is 0 Å². The quantitative estimate of drug-likeness (QED) is 0.813. The molecule has 0 heterocycles. The standard InChI is InChI=1S/C16H18O4S/c1-11-8-9-14(19-4)15(10-11)21(17,18)20-16-12(2)6-5-7-13(16)3/h5-10H,1-4H3. The summed E-state index contributed by atoms with van der Waals surface area (Å²) in [7, 11) is -2.52. The first kappa shape index (κ1) is 15.4. The highest BCUT2D eigenvalue weighted by molar-refractivity contribution is 7.87. The van der Waals surface area contributed by atoms with Crippen LogP contribution in [0.25, 0.3) is 0 Å². The number of ether oxygens (including phenoxy) is 1. The summed E-state index contributed by atoms with van der Waals surface area (Å²) in [5, 5.41) is 0. The van der Waals surface area contributed by atoms with E-state index in [0.29, 0.717) is 5.75 Å². The number of methoxy groups -OCH3 is 1. The van der Waals surface area contributed by atoms with E-state index in [-0.39, 0.29) is 10.6 Å². The fraction of sp³-hybridized carbons (Fsp3) is 0.250. The van der Waals surface area contributed by atoms with E-state index in [1.807, 2.05) is 39.0 Å². The fourth-order valence-electron chi connectivity index (χ4n) is 2.06. The molecule has 4 nitrogen and oxygen atoms in total. The fourth-order valence-corrected chi connectivity index (χ4v) is 3.36. The van der Waals surface area contributed by atoms with Gasteiger partial charge in [-0.1, -0.05) is 24.3 Å². The summed E-state index contributed by atoms with van der Waals surface area (Å²) in [5.41, 5.74) is 2.36. The molecule has 0 radical (unpaired) electrons. The molecule has 0 atom stereocenters. The van der Waals surface area contributed by atoms with Crippen LogP contribution in [0.3, 0.4) is 0 Å². The van der Waals surface area contributed by atoms with E-state index in [4.69, 9.17) is 8.92 Å². The lowest BCUT2D eigenvalue weighted by molar-refractivity contribution is 0.397. The third-order valence-corrected chi connectivity index (χ3v) is 4.43. The Labute approximate surface area is 125 Å². The molecule has 0 N–H and O–H groups in total. The zero-order valence-corrected chi connectivity index (χ0v) is 13.3. The zero-order valence-electron chi connectivity index (χ0n) is 12.5. The summed E-state index contributed by atoms with van der Waals surface area (Å²) >= 11 is 0. The minimum atomic E-state index is -3.95. The van der Waals surface area contributed by atoms with Gasteiger partial charge in [-0.05, 0) is 49.6 Å². The van der Waals surface area contributed by atoms with Crippen LogP contribution in [0.4, 0.5) is 0 Å². The van der Waals surface area contributed by atoms with Gasteiger partial charge in [0.05, 0.1) is 7.11 Å². The molecule has 0 bridgehead atoms. The molecular formula is C16H18O4S. The Morgan fingerprint density at radius 2 is 1.57 bits per heavy atom. The maximum atomic E-state index is 12.5. The molecule has 2 rings (SSSR count). The molecule has 0 unspecified atom stereocenters. The number of para-hydroxylation sites is 1. The van der Waals surface area contributed by atoms with Crippen molar-refractivity contribution in [2.75, 3.05) is 7.11 Å². The predicted octanol–water partition coefficient (Wildman–Crippen LogP) is 3.39. The topological polar surface area (TPSA) is 52.6 Å². The van der Waals surface area contributed by atoms with Crippen LogP contribution in [0.2, 0.25) is 0 Å². The van der Waals surface area contributed by atoms with Crippen LogP contribution in [0.15, 0.2) is 41.3 Å². The van der Waals surface area contributed by atoms with Crippen molar-refractivity contribution in [2.45, 2.75) is 25.7 Å². The SMILES string of the molecule is COc1ccc(C)cc1S(=O)(=O)Oc1c(C)cccc1C. The van der Waals surface area contributed by atoms with E-state index in [0.717, 1.165) is 16.7 Å². The minimum Gasteiger partial charge on any atom is -0.495 e. The van der Waals surface area contributed by atoms with Gasteiger partial charge in [-0.3, -0.25) is 0 Å². The van der Waals surface area contributed by atoms with Crippen LogP contribution in [-0.2, 0) is 10.1 Å². The van der Waals surface area contributed by atoms with Gasteiger partial charge in [0.15, 0.2) is 0 Å². The molecule has 0 amide bonds. The lowest BCUT2D eigenvalue weighted by Gasteiger charge is -2.14. The summed E-state index contributed by atoms with van der Waals surface area (Å²) in [6.07, 6.45) is 0. The molecule has 21 heavy (non-hydrogen) atoms. The highest BCUT2D eigenvalue weighted by atomic mass is 32.2. The van der Waals surface area contributed by atoms with Gasteiger partial charge >= 0.3 is 10.1 Å². The Balaban J connectivity index is 2.51. The third-order valence-electron chi connectivity index (χ3n) is 3.19. The first-order chi connectivity index (χ1) is 9.85. The van der Waals surface area contributed by atoms with Gasteiger partial charge in [0.2, 0.25) is 0 Å². The summed E-state index contributed by atoms with van der Waals surface area (Å²) in [5.74, 6) is 0.632. The molecule has 0 aliphatic carbocycles. The van der Waals surface area contributed by atoms with Crippen LogP contribution < -0.4 is 8.92 Å². The van der Waals surface area contributed by atoms with Gasteiger partial charge in [0.25, 0.3) is 0 Å². The Morgan fingerprint density at radius 1 is 0.952 bits per heavy atom. The van der Waals surface area contributed by atoms with Crippen molar-refractivity contribution in [2.24, 2.45) is 0 Å². The number of hydrogen-bond donors (Lipinski definition) is 0. The van der Waals surface area contributed by atoms with Gasteiger partial charge in [-0.25, -0.2) is 0 Å². The van der Waals surface area contributed by atoms with Crippen LogP contribution in [0.5, 0.6) is 11.5 Å². The molecule has 2 aromatic carbocycles. The van der Waals surface area contributed by atoms with Crippen LogP contribution in [-0.4, -0.2) is 15.5 Å². The molecule has 0 aromatic heterocycles. The highest BCUT2D eigenvalue weighted by Gasteiger charge is 2.23. The molecule has 2 aromatic rings.